The second-order valence-electron chi connectivity index (χ2n) is 11.4. The highest BCUT2D eigenvalue weighted by Crippen LogP contribution is 2.51. The third kappa shape index (κ3) is 25.3. The molecule has 37 heavy (non-hydrogen) atoms. The fraction of sp³-hybridized carbons (Fsp3) is 0.938. The molecule has 0 saturated heterocycles. The van der Waals surface area contributed by atoms with E-state index < -0.39 is 22.0 Å². The van der Waals surface area contributed by atoms with Crippen LogP contribution in [-0.4, -0.2) is 45.2 Å². The topological polar surface area (TPSA) is 74.6 Å². The number of carboxylic acid groups (broad SMARTS) is 2. The number of aliphatic carboxylic acids is 2. The Morgan fingerprint density at radius 1 is 0.405 bits per heavy atom. The first kappa shape index (κ1) is 36.3. The molecule has 0 aromatic rings. The van der Waals surface area contributed by atoms with Gasteiger partial charge in [-0.2, -0.15) is 0 Å². The van der Waals surface area contributed by atoms with Crippen LogP contribution in [-0.2, 0) is 9.59 Å². The molecule has 0 spiro atoms. The third-order valence-corrected chi connectivity index (χ3v) is 12.3. The molecule has 0 unspecified atom stereocenters. The fourth-order valence-corrected chi connectivity index (χ4v) is 9.44. The van der Waals surface area contributed by atoms with Crippen LogP contribution in [0.4, 0.5) is 0 Å². The van der Waals surface area contributed by atoms with E-state index in [0.29, 0.717) is 11.5 Å². The number of carbonyl (C=O) groups is 2. The van der Waals surface area contributed by atoms with E-state index in [1.165, 1.54) is 128 Å². The van der Waals surface area contributed by atoms with E-state index in [4.69, 9.17) is 0 Å². The lowest BCUT2D eigenvalue weighted by Crippen LogP contribution is -2.21. The third-order valence-electron chi connectivity index (χ3n) is 7.86. The Balaban J connectivity index is 4.36. The van der Waals surface area contributed by atoms with Gasteiger partial charge in [0.15, 0.2) is 0 Å². The highest BCUT2D eigenvalue weighted by Gasteiger charge is 2.25. The Hall–Kier alpha value is -0.710. The largest absolute Gasteiger partial charge is 0.481 e. The first-order chi connectivity index (χ1) is 18.0. The van der Waals surface area contributed by atoms with Gasteiger partial charge in [-0.1, -0.05) is 142 Å². The zero-order valence-corrected chi connectivity index (χ0v) is 25.7. The monoisotopic (exact) mass is 544 g/mol. The molecule has 0 fully saturated rings. The van der Waals surface area contributed by atoms with Crippen LogP contribution >= 0.6 is 10.0 Å². The average Bonchev–Trinajstić information content (AvgIpc) is 2.87. The van der Waals surface area contributed by atoms with E-state index in [1.54, 1.807) is 0 Å². The van der Waals surface area contributed by atoms with E-state index in [9.17, 15) is 19.8 Å². The summed E-state index contributed by atoms with van der Waals surface area (Å²) in [5, 5.41) is 18.7. The second kappa shape index (κ2) is 26.9. The summed E-state index contributed by atoms with van der Waals surface area (Å²) in [6.45, 7) is 4.52. The highest BCUT2D eigenvalue weighted by atomic mass is 32.3. The molecule has 2 N–H and O–H groups in total. The molecule has 0 aliphatic heterocycles. The van der Waals surface area contributed by atoms with Crippen molar-refractivity contribution in [1.82, 2.24) is 0 Å². The van der Waals surface area contributed by atoms with Crippen molar-refractivity contribution in [2.24, 2.45) is 0 Å². The van der Waals surface area contributed by atoms with Crippen molar-refractivity contribution in [3.8, 4) is 0 Å². The fourth-order valence-electron chi connectivity index (χ4n) is 5.36. The van der Waals surface area contributed by atoms with Crippen LogP contribution in [0, 0.1) is 0 Å². The van der Waals surface area contributed by atoms with Gasteiger partial charge in [0.2, 0.25) is 0 Å². The number of rotatable bonds is 30. The molecule has 0 saturated carbocycles. The molecule has 0 aromatic heterocycles. The van der Waals surface area contributed by atoms with Crippen molar-refractivity contribution >= 4 is 22.0 Å². The first-order valence-electron chi connectivity index (χ1n) is 16.1. The summed E-state index contributed by atoms with van der Waals surface area (Å²) >= 11 is 0. The van der Waals surface area contributed by atoms with Gasteiger partial charge in [-0.25, -0.2) is 10.0 Å². The summed E-state index contributed by atoms with van der Waals surface area (Å²) in [5.74, 6) is 2.11. The predicted molar refractivity (Wildman–Crippen MR) is 164 cm³/mol. The van der Waals surface area contributed by atoms with Crippen molar-refractivity contribution < 1.29 is 19.8 Å². The van der Waals surface area contributed by atoms with Crippen molar-refractivity contribution in [3.63, 3.8) is 0 Å². The number of hydrogen-bond donors (Lipinski definition) is 2. The summed E-state index contributed by atoms with van der Waals surface area (Å²) in [7, 11) is -1.17. The number of carboxylic acids is 2. The zero-order valence-electron chi connectivity index (χ0n) is 24.9. The molecule has 0 bridgehead atoms. The van der Waals surface area contributed by atoms with Crippen molar-refractivity contribution in [1.29, 1.82) is 0 Å². The summed E-state index contributed by atoms with van der Waals surface area (Å²) in [6.07, 6.45) is 29.3. The maximum Gasteiger partial charge on any atom is 0.304 e. The van der Waals surface area contributed by atoms with E-state index in [-0.39, 0.29) is 12.8 Å². The minimum absolute atomic E-state index is 0.199. The van der Waals surface area contributed by atoms with Crippen molar-refractivity contribution in [3.05, 3.63) is 0 Å². The van der Waals surface area contributed by atoms with Gasteiger partial charge in [0.1, 0.15) is 0 Å². The van der Waals surface area contributed by atoms with E-state index >= 15 is 0 Å². The second-order valence-corrected chi connectivity index (χ2v) is 15.5. The van der Waals surface area contributed by atoms with Crippen LogP contribution in [0.15, 0.2) is 0 Å². The van der Waals surface area contributed by atoms with Crippen LogP contribution in [0.1, 0.15) is 168 Å². The van der Waals surface area contributed by atoms with Gasteiger partial charge >= 0.3 is 11.9 Å². The van der Waals surface area contributed by atoms with Gasteiger partial charge in [-0.15, -0.1) is 0 Å². The molecule has 222 valence electrons. The molecule has 0 rings (SSSR count). The minimum atomic E-state index is -1.17. The Morgan fingerprint density at radius 3 is 0.892 bits per heavy atom. The molecular formula is C32H64O4S. The lowest BCUT2D eigenvalue weighted by Gasteiger charge is -2.40. The number of unbranched alkanes of at least 4 members (excludes halogenated alkanes) is 20. The molecule has 4 nitrogen and oxygen atoms in total. The van der Waals surface area contributed by atoms with Gasteiger partial charge in [0.05, 0.1) is 12.8 Å². The maximum absolute atomic E-state index is 11.4. The van der Waals surface area contributed by atoms with Gasteiger partial charge in [0.25, 0.3) is 0 Å². The van der Waals surface area contributed by atoms with Gasteiger partial charge < -0.3 is 10.2 Å². The van der Waals surface area contributed by atoms with Crippen LogP contribution in [0.3, 0.4) is 0 Å². The summed E-state index contributed by atoms with van der Waals surface area (Å²) in [4.78, 5) is 22.8. The van der Waals surface area contributed by atoms with E-state index in [0.717, 1.165) is 24.3 Å². The lowest BCUT2D eigenvalue weighted by atomic mass is 10.1. The number of hydrogen-bond acceptors (Lipinski definition) is 2. The summed E-state index contributed by atoms with van der Waals surface area (Å²) in [5.41, 5.74) is 0. The van der Waals surface area contributed by atoms with E-state index in [2.05, 4.69) is 13.8 Å². The van der Waals surface area contributed by atoms with Crippen LogP contribution in [0.5, 0.6) is 0 Å². The molecule has 5 heteroatoms. The molecule has 0 heterocycles. The Kier molecular flexibility index (Phi) is 26.4. The minimum Gasteiger partial charge on any atom is -0.481 e. The van der Waals surface area contributed by atoms with Crippen molar-refractivity contribution in [2.75, 3.05) is 23.0 Å². The summed E-state index contributed by atoms with van der Waals surface area (Å²) in [6, 6.07) is 0. The van der Waals surface area contributed by atoms with Crippen LogP contribution < -0.4 is 0 Å². The van der Waals surface area contributed by atoms with Crippen LogP contribution in [0.25, 0.3) is 0 Å². The predicted octanol–water partition coefficient (Wildman–Crippen LogP) is 10.4. The molecule has 0 aliphatic rings. The highest BCUT2D eigenvalue weighted by molar-refractivity contribution is 8.33. The Morgan fingerprint density at radius 2 is 0.649 bits per heavy atom. The van der Waals surface area contributed by atoms with Gasteiger partial charge in [0, 0.05) is 0 Å². The lowest BCUT2D eigenvalue weighted by molar-refractivity contribution is -0.137. The Bertz CT molecular complexity index is 505. The van der Waals surface area contributed by atoms with Gasteiger partial charge in [-0.05, 0) is 35.9 Å². The van der Waals surface area contributed by atoms with Crippen LogP contribution in [0.2, 0.25) is 0 Å². The molecular weight excluding hydrogens is 480 g/mol. The maximum atomic E-state index is 11.4. The van der Waals surface area contributed by atoms with E-state index in [1.807, 2.05) is 0 Å². The normalized spacial score (nSPS) is 12.2. The molecule has 0 atom stereocenters. The molecule has 0 aromatic carbocycles. The smallest absolute Gasteiger partial charge is 0.304 e. The zero-order chi connectivity index (χ0) is 27.5. The first-order valence-corrected chi connectivity index (χ1v) is 18.4. The quantitative estimate of drug-likeness (QED) is 0.0882. The Labute approximate surface area is 232 Å². The van der Waals surface area contributed by atoms with Gasteiger partial charge in [-0.3, -0.25) is 9.59 Å². The average molecular weight is 545 g/mol. The molecule has 0 amide bonds. The summed E-state index contributed by atoms with van der Waals surface area (Å²) < 4.78 is 0. The SMILES string of the molecule is CCCCCCCCCCCCCCS(CCCCCCCCCCCC)(CCC(=O)O)CCC(=O)O. The molecule has 0 aliphatic carbocycles. The standard InChI is InChI=1S/C32H64O4S/c1-3-5-7-9-11-13-15-16-18-20-22-24-28-37(29-25-31(33)34,30-26-32(35)36)27-23-21-19-17-14-12-10-8-6-4-2/h3-30H2,1-2H3,(H,33,34)(H,35,36). The van der Waals surface area contributed by atoms with Crippen molar-refractivity contribution in [2.45, 2.75) is 168 Å². The molecule has 0 radical (unpaired) electrons.